The van der Waals surface area contributed by atoms with E-state index in [9.17, 15) is 13.6 Å². The van der Waals surface area contributed by atoms with Crippen molar-refractivity contribution < 1.29 is 13.6 Å². The maximum absolute atomic E-state index is 13.0. The van der Waals surface area contributed by atoms with Crippen molar-refractivity contribution in [2.75, 3.05) is 12.3 Å². The molecule has 0 radical (unpaired) electrons. The number of nitrogens with one attached hydrogen (secondary N) is 1. The lowest BCUT2D eigenvalue weighted by Gasteiger charge is -2.06. The minimum atomic E-state index is -0.623. The number of hydrogen-bond acceptors (Lipinski definition) is 2. The molecule has 104 valence electrons. The van der Waals surface area contributed by atoms with E-state index < -0.39 is 11.6 Å². The van der Waals surface area contributed by atoms with Crippen molar-refractivity contribution in [3.8, 4) is 0 Å². The quantitative estimate of drug-likeness (QED) is 0.843. The summed E-state index contributed by atoms with van der Waals surface area (Å²) in [6.07, 6.45) is 0.350. The number of amides is 1. The van der Waals surface area contributed by atoms with Crippen LogP contribution in [-0.4, -0.2) is 12.5 Å². The van der Waals surface area contributed by atoms with Crippen molar-refractivity contribution in [2.24, 2.45) is 0 Å². The highest BCUT2D eigenvalue weighted by atomic mass is 19.1. The van der Waals surface area contributed by atoms with Crippen LogP contribution in [0.25, 0.3) is 0 Å². The Balaban J connectivity index is 1.91. The molecule has 0 saturated heterocycles. The standard InChI is InChI=1S/C15H14F2N2O/c16-12-6-10(7-13(17)9-12)4-5-19-15(20)11-2-1-3-14(18)8-11/h1-3,6-9H,4-5,18H2,(H,19,20). The van der Waals surface area contributed by atoms with Gasteiger partial charge >= 0.3 is 0 Å². The normalized spacial score (nSPS) is 10.3. The summed E-state index contributed by atoms with van der Waals surface area (Å²) < 4.78 is 26.0. The summed E-state index contributed by atoms with van der Waals surface area (Å²) in [6.45, 7) is 0.288. The molecule has 2 aromatic rings. The lowest BCUT2D eigenvalue weighted by atomic mass is 10.1. The van der Waals surface area contributed by atoms with Crippen LogP contribution < -0.4 is 11.1 Å². The van der Waals surface area contributed by atoms with Crippen molar-refractivity contribution in [2.45, 2.75) is 6.42 Å². The highest BCUT2D eigenvalue weighted by Gasteiger charge is 2.06. The van der Waals surface area contributed by atoms with Crippen LogP contribution in [0.15, 0.2) is 42.5 Å². The summed E-state index contributed by atoms with van der Waals surface area (Å²) >= 11 is 0. The van der Waals surface area contributed by atoms with E-state index in [-0.39, 0.29) is 12.5 Å². The zero-order valence-electron chi connectivity index (χ0n) is 10.7. The maximum atomic E-state index is 13.0. The largest absolute Gasteiger partial charge is 0.399 e. The van der Waals surface area contributed by atoms with Crippen molar-refractivity contribution in [1.82, 2.24) is 5.32 Å². The number of benzene rings is 2. The van der Waals surface area contributed by atoms with E-state index in [4.69, 9.17) is 5.73 Å². The van der Waals surface area contributed by atoms with Crippen LogP contribution in [0.4, 0.5) is 14.5 Å². The van der Waals surface area contributed by atoms with Crippen LogP contribution in [0, 0.1) is 11.6 Å². The number of carbonyl (C=O) groups excluding carboxylic acids is 1. The van der Waals surface area contributed by atoms with Gasteiger partial charge in [-0.25, -0.2) is 8.78 Å². The number of hydrogen-bond donors (Lipinski definition) is 2. The Morgan fingerprint density at radius 1 is 1.10 bits per heavy atom. The zero-order chi connectivity index (χ0) is 14.5. The highest BCUT2D eigenvalue weighted by Crippen LogP contribution is 2.09. The fourth-order valence-electron chi connectivity index (χ4n) is 1.86. The van der Waals surface area contributed by atoms with Gasteiger partial charge in [-0.05, 0) is 42.3 Å². The molecule has 0 unspecified atom stereocenters. The second-order valence-electron chi connectivity index (χ2n) is 4.41. The van der Waals surface area contributed by atoms with Crippen LogP contribution in [0.2, 0.25) is 0 Å². The van der Waals surface area contributed by atoms with Crippen molar-refractivity contribution in [1.29, 1.82) is 0 Å². The molecule has 0 aliphatic carbocycles. The van der Waals surface area contributed by atoms with Gasteiger partial charge < -0.3 is 11.1 Å². The monoisotopic (exact) mass is 276 g/mol. The molecule has 0 aromatic heterocycles. The van der Waals surface area contributed by atoms with Crippen LogP contribution >= 0.6 is 0 Å². The van der Waals surface area contributed by atoms with E-state index in [0.29, 0.717) is 23.2 Å². The Morgan fingerprint density at radius 3 is 2.45 bits per heavy atom. The number of rotatable bonds is 4. The maximum Gasteiger partial charge on any atom is 0.251 e. The van der Waals surface area contributed by atoms with E-state index in [0.717, 1.165) is 6.07 Å². The van der Waals surface area contributed by atoms with Crippen LogP contribution in [0.3, 0.4) is 0 Å². The molecule has 5 heteroatoms. The molecule has 0 aliphatic rings. The Hall–Kier alpha value is -2.43. The van der Waals surface area contributed by atoms with E-state index in [2.05, 4.69) is 5.32 Å². The third-order valence-electron chi connectivity index (χ3n) is 2.77. The highest BCUT2D eigenvalue weighted by molar-refractivity contribution is 5.94. The third-order valence-corrected chi connectivity index (χ3v) is 2.77. The van der Waals surface area contributed by atoms with Gasteiger partial charge in [0.1, 0.15) is 11.6 Å². The molecule has 0 atom stereocenters. The lowest BCUT2D eigenvalue weighted by Crippen LogP contribution is -2.25. The number of halogens is 2. The van der Waals surface area contributed by atoms with Crippen LogP contribution in [-0.2, 0) is 6.42 Å². The van der Waals surface area contributed by atoms with Gasteiger partial charge in [0, 0.05) is 23.9 Å². The summed E-state index contributed by atoms with van der Waals surface area (Å²) in [5.41, 5.74) is 7.04. The van der Waals surface area contributed by atoms with Gasteiger partial charge in [-0.1, -0.05) is 6.07 Å². The SMILES string of the molecule is Nc1cccc(C(=O)NCCc2cc(F)cc(F)c2)c1. The van der Waals surface area contributed by atoms with Crippen LogP contribution in [0.5, 0.6) is 0 Å². The van der Waals surface area contributed by atoms with Gasteiger partial charge in [0.25, 0.3) is 5.91 Å². The molecule has 0 aliphatic heterocycles. The van der Waals surface area contributed by atoms with E-state index in [1.807, 2.05) is 0 Å². The average molecular weight is 276 g/mol. The predicted octanol–water partition coefficient (Wildman–Crippen LogP) is 2.52. The Labute approximate surface area is 115 Å². The minimum Gasteiger partial charge on any atom is -0.399 e. The van der Waals surface area contributed by atoms with Gasteiger partial charge in [-0.3, -0.25) is 4.79 Å². The van der Waals surface area contributed by atoms with Crippen LogP contribution in [0.1, 0.15) is 15.9 Å². The van der Waals surface area contributed by atoms with E-state index >= 15 is 0 Å². The van der Waals surface area contributed by atoms with Gasteiger partial charge in [0.15, 0.2) is 0 Å². The second-order valence-corrected chi connectivity index (χ2v) is 4.41. The molecule has 0 fully saturated rings. The van der Waals surface area contributed by atoms with Gasteiger partial charge in [-0.15, -0.1) is 0 Å². The van der Waals surface area contributed by atoms with Gasteiger partial charge in [-0.2, -0.15) is 0 Å². The summed E-state index contributed by atoms with van der Waals surface area (Å²) in [7, 11) is 0. The molecule has 0 heterocycles. The summed E-state index contributed by atoms with van der Waals surface area (Å²) in [6, 6.07) is 9.89. The Morgan fingerprint density at radius 2 is 1.80 bits per heavy atom. The topological polar surface area (TPSA) is 55.1 Å². The summed E-state index contributed by atoms with van der Waals surface area (Å²) in [5, 5.41) is 2.67. The number of carbonyl (C=O) groups is 1. The van der Waals surface area contributed by atoms with Crippen molar-refractivity contribution in [3.05, 3.63) is 65.2 Å². The first-order valence-corrected chi connectivity index (χ1v) is 6.13. The molecule has 2 rings (SSSR count). The van der Waals surface area contributed by atoms with Crippen molar-refractivity contribution in [3.63, 3.8) is 0 Å². The molecule has 3 nitrogen and oxygen atoms in total. The predicted molar refractivity (Wildman–Crippen MR) is 73.2 cm³/mol. The molecule has 0 bridgehead atoms. The fraction of sp³-hybridized carbons (Fsp3) is 0.133. The molecule has 20 heavy (non-hydrogen) atoms. The molecule has 2 aromatic carbocycles. The fourth-order valence-corrected chi connectivity index (χ4v) is 1.86. The first-order valence-electron chi connectivity index (χ1n) is 6.13. The number of anilines is 1. The molecule has 0 spiro atoms. The Kier molecular flexibility index (Phi) is 4.30. The Bertz CT molecular complexity index is 609. The van der Waals surface area contributed by atoms with Crippen molar-refractivity contribution >= 4 is 11.6 Å². The smallest absolute Gasteiger partial charge is 0.251 e. The lowest BCUT2D eigenvalue weighted by molar-refractivity contribution is 0.0954. The second kappa shape index (κ2) is 6.14. The average Bonchev–Trinajstić information content (AvgIpc) is 2.37. The zero-order valence-corrected chi connectivity index (χ0v) is 10.7. The van der Waals surface area contributed by atoms with E-state index in [1.54, 1.807) is 24.3 Å². The molecular weight excluding hydrogens is 262 g/mol. The molecule has 3 N–H and O–H groups in total. The molecule has 1 amide bonds. The first kappa shape index (κ1) is 14.0. The third kappa shape index (κ3) is 3.78. The van der Waals surface area contributed by atoms with E-state index in [1.165, 1.54) is 12.1 Å². The van der Waals surface area contributed by atoms with Gasteiger partial charge in [0.2, 0.25) is 0 Å². The molecular formula is C15H14F2N2O. The van der Waals surface area contributed by atoms with Gasteiger partial charge in [0.05, 0.1) is 0 Å². The number of nitrogens with two attached hydrogens (primary N) is 1. The number of nitrogen functional groups attached to an aromatic ring is 1. The minimum absolute atomic E-state index is 0.269. The summed E-state index contributed by atoms with van der Waals surface area (Å²) in [4.78, 5) is 11.8. The molecule has 0 saturated carbocycles. The summed E-state index contributed by atoms with van der Waals surface area (Å²) in [5.74, 6) is -1.52. The first-order chi connectivity index (χ1) is 9.54.